The van der Waals surface area contributed by atoms with Crippen LogP contribution in [0.5, 0.6) is 0 Å². The third-order valence-corrected chi connectivity index (χ3v) is 6.31. The van der Waals surface area contributed by atoms with E-state index in [1.54, 1.807) is 0 Å². The molecule has 0 atom stereocenters. The second-order valence-corrected chi connectivity index (χ2v) is 8.25. The highest BCUT2D eigenvalue weighted by Crippen LogP contribution is 2.25. The Labute approximate surface area is 178 Å². The van der Waals surface area contributed by atoms with Crippen LogP contribution in [0.3, 0.4) is 0 Å². The SMILES string of the molecule is c1ccc(Cn2c(N3CCN(CCN4CCOCC4)CC3)nc3ccccc32)cc1. The molecule has 0 spiro atoms. The van der Waals surface area contributed by atoms with Crippen molar-refractivity contribution in [3.63, 3.8) is 0 Å². The molecule has 2 fully saturated rings. The number of fused-ring (bicyclic) bond motifs is 1. The highest BCUT2D eigenvalue weighted by molar-refractivity contribution is 5.79. The highest BCUT2D eigenvalue weighted by Gasteiger charge is 2.23. The topological polar surface area (TPSA) is 36.8 Å². The Morgan fingerprint density at radius 2 is 1.40 bits per heavy atom. The van der Waals surface area contributed by atoms with Crippen LogP contribution in [0.2, 0.25) is 0 Å². The van der Waals surface area contributed by atoms with Gasteiger partial charge in [0.1, 0.15) is 0 Å². The summed E-state index contributed by atoms with van der Waals surface area (Å²) >= 11 is 0. The van der Waals surface area contributed by atoms with Gasteiger partial charge in [-0.1, -0.05) is 42.5 Å². The maximum Gasteiger partial charge on any atom is 0.206 e. The molecule has 0 amide bonds. The van der Waals surface area contributed by atoms with Crippen molar-refractivity contribution in [2.75, 3.05) is 70.5 Å². The summed E-state index contributed by atoms with van der Waals surface area (Å²) in [6, 6.07) is 19.2. The van der Waals surface area contributed by atoms with Gasteiger partial charge >= 0.3 is 0 Å². The molecule has 2 aromatic carbocycles. The molecule has 158 valence electrons. The second kappa shape index (κ2) is 9.16. The first-order valence-electron chi connectivity index (χ1n) is 11.1. The van der Waals surface area contributed by atoms with Crippen molar-refractivity contribution in [3.8, 4) is 0 Å². The third kappa shape index (κ3) is 4.36. The molecular weight excluding hydrogens is 374 g/mol. The molecule has 1 aromatic heterocycles. The van der Waals surface area contributed by atoms with Crippen LogP contribution in [-0.4, -0.2) is 84.9 Å². The minimum atomic E-state index is 0.855. The lowest BCUT2D eigenvalue weighted by Gasteiger charge is -2.37. The van der Waals surface area contributed by atoms with E-state index in [9.17, 15) is 0 Å². The van der Waals surface area contributed by atoms with Gasteiger partial charge in [0, 0.05) is 52.4 Å². The monoisotopic (exact) mass is 405 g/mol. The molecule has 0 unspecified atom stereocenters. The van der Waals surface area contributed by atoms with E-state index in [2.05, 4.69) is 73.9 Å². The first-order valence-corrected chi connectivity index (χ1v) is 11.1. The summed E-state index contributed by atoms with van der Waals surface area (Å²) in [6.45, 7) is 11.3. The van der Waals surface area contributed by atoms with Gasteiger partial charge in [-0.15, -0.1) is 0 Å². The van der Waals surface area contributed by atoms with Crippen LogP contribution in [-0.2, 0) is 11.3 Å². The molecule has 2 saturated heterocycles. The molecule has 2 aliphatic rings. The van der Waals surface area contributed by atoms with Gasteiger partial charge in [-0.2, -0.15) is 0 Å². The lowest BCUT2D eigenvalue weighted by molar-refractivity contribution is 0.0331. The zero-order chi connectivity index (χ0) is 20.2. The van der Waals surface area contributed by atoms with Crippen LogP contribution in [0, 0.1) is 0 Å². The first-order chi connectivity index (χ1) is 14.9. The summed E-state index contributed by atoms with van der Waals surface area (Å²) in [6.07, 6.45) is 0. The maximum atomic E-state index is 5.46. The summed E-state index contributed by atoms with van der Waals surface area (Å²) in [5, 5.41) is 0. The Hall–Kier alpha value is -2.41. The molecule has 2 aliphatic heterocycles. The van der Waals surface area contributed by atoms with E-state index in [-0.39, 0.29) is 0 Å². The molecule has 3 aromatic rings. The van der Waals surface area contributed by atoms with Crippen LogP contribution >= 0.6 is 0 Å². The zero-order valence-electron chi connectivity index (χ0n) is 17.6. The van der Waals surface area contributed by atoms with Crippen LogP contribution in [0.15, 0.2) is 54.6 Å². The number of hydrogen-bond donors (Lipinski definition) is 0. The van der Waals surface area contributed by atoms with Gasteiger partial charge in [-0.05, 0) is 17.7 Å². The number of nitrogens with zero attached hydrogens (tertiary/aromatic N) is 5. The summed E-state index contributed by atoms with van der Waals surface area (Å²) < 4.78 is 7.85. The van der Waals surface area contributed by atoms with E-state index in [0.29, 0.717) is 0 Å². The summed E-state index contributed by atoms with van der Waals surface area (Å²) in [7, 11) is 0. The number of benzene rings is 2. The van der Waals surface area contributed by atoms with Crippen molar-refractivity contribution < 1.29 is 4.74 Å². The maximum absolute atomic E-state index is 5.46. The summed E-state index contributed by atoms with van der Waals surface area (Å²) in [5.74, 6) is 1.10. The van der Waals surface area contributed by atoms with Crippen LogP contribution in [0.1, 0.15) is 5.56 Å². The molecular formula is C24H31N5O. The fraction of sp³-hybridized carbons (Fsp3) is 0.458. The zero-order valence-corrected chi connectivity index (χ0v) is 17.6. The molecule has 6 heteroatoms. The Bertz CT molecular complexity index is 943. The Morgan fingerprint density at radius 1 is 0.733 bits per heavy atom. The fourth-order valence-corrected chi connectivity index (χ4v) is 4.51. The van der Waals surface area contributed by atoms with Crippen LogP contribution in [0.4, 0.5) is 5.95 Å². The van der Waals surface area contributed by atoms with Gasteiger partial charge in [0.2, 0.25) is 5.95 Å². The van der Waals surface area contributed by atoms with E-state index >= 15 is 0 Å². The number of piperazine rings is 1. The minimum Gasteiger partial charge on any atom is -0.379 e. The van der Waals surface area contributed by atoms with Gasteiger partial charge < -0.3 is 14.2 Å². The summed E-state index contributed by atoms with van der Waals surface area (Å²) in [4.78, 5) is 12.6. The third-order valence-electron chi connectivity index (χ3n) is 6.31. The standard InChI is InChI=1S/C24H31N5O/c1-2-6-21(7-3-1)20-29-23-9-5-4-8-22(23)25-24(29)28-14-12-26(13-15-28)10-11-27-16-18-30-19-17-27/h1-9H,10-20H2. The van der Waals surface area contributed by atoms with Gasteiger partial charge in [0.15, 0.2) is 0 Å². The number of imidazole rings is 1. The largest absolute Gasteiger partial charge is 0.379 e. The molecule has 30 heavy (non-hydrogen) atoms. The van der Waals surface area contributed by atoms with E-state index in [0.717, 1.165) is 83.6 Å². The molecule has 6 nitrogen and oxygen atoms in total. The second-order valence-electron chi connectivity index (χ2n) is 8.25. The Kier molecular flexibility index (Phi) is 5.97. The highest BCUT2D eigenvalue weighted by atomic mass is 16.5. The van der Waals surface area contributed by atoms with Gasteiger partial charge in [0.05, 0.1) is 30.8 Å². The van der Waals surface area contributed by atoms with Crippen molar-refractivity contribution in [1.29, 1.82) is 0 Å². The van der Waals surface area contributed by atoms with Crippen molar-refractivity contribution in [1.82, 2.24) is 19.4 Å². The first kappa shape index (κ1) is 19.5. The van der Waals surface area contributed by atoms with Gasteiger partial charge in [-0.25, -0.2) is 4.98 Å². The number of hydrogen-bond acceptors (Lipinski definition) is 5. The number of para-hydroxylation sites is 2. The molecule has 5 rings (SSSR count). The number of aromatic nitrogens is 2. The number of anilines is 1. The average Bonchev–Trinajstić information content (AvgIpc) is 3.18. The number of morpholine rings is 1. The van der Waals surface area contributed by atoms with E-state index in [1.165, 1.54) is 11.1 Å². The van der Waals surface area contributed by atoms with Crippen LogP contribution in [0.25, 0.3) is 11.0 Å². The molecule has 0 bridgehead atoms. The molecule has 3 heterocycles. The molecule has 0 saturated carbocycles. The fourth-order valence-electron chi connectivity index (χ4n) is 4.51. The lowest BCUT2D eigenvalue weighted by Crippen LogP contribution is -2.50. The van der Waals surface area contributed by atoms with Crippen molar-refractivity contribution in [2.24, 2.45) is 0 Å². The Morgan fingerprint density at radius 3 is 2.17 bits per heavy atom. The minimum absolute atomic E-state index is 0.855. The predicted octanol–water partition coefficient (Wildman–Crippen LogP) is 2.54. The lowest BCUT2D eigenvalue weighted by atomic mass is 10.2. The van der Waals surface area contributed by atoms with E-state index in [1.807, 2.05) is 0 Å². The molecule has 0 aliphatic carbocycles. The smallest absolute Gasteiger partial charge is 0.206 e. The van der Waals surface area contributed by atoms with Gasteiger partial charge in [-0.3, -0.25) is 9.80 Å². The number of rotatable bonds is 6. The summed E-state index contributed by atoms with van der Waals surface area (Å²) in [5.41, 5.74) is 3.61. The predicted molar refractivity (Wildman–Crippen MR) is 121 cm³/mol. The number of ether oxygens (including phenoxy) is 1. The van der Waals surface area contributed by atoms with Crippen molar-refractivity contribution in [3.05, 3.63) is 60.2 Å². The van der Waals surface area contributed by atoms with Gasteiger partial charge in [0.25, 0.3) is 0 Å². The van der Waals surface area contributed by atoms with Crippen molar-refractivity contribution in [2.45, 2.75) is 6.54 Å². The van der Waals surface area contributed by atoms with Crippen LogP contribution < -0.4 is 4.90 Å². The Balaban J connectivity index is 1.27. The van der Waals surface area contributed by atoms with E-state index in [4.69, 9.17) is 9.72 Å². The normalized spacial score (nSPS) is 18.9. The molecule has 0 radical (unpaired) electrons. The van der Waals surface area contributed by atoms with Crippen molar-refractivity contribution >= 4 is 17.0 Å². The quantitative estimate of drug-likeness (QED) is 0.630. The van der Waals surface area contributed by atoms with E-state index < -0.39 is 0 Å². The average molecular weight is 406 g/mol. The molecule has 0 N–H and O–H groups in total.